The predicted octanol–water partition coefficient (Wildman–Crippen LogP) is 2.55. The van der Waals surface area contributed by atoms with Crippen LogP contribution in [-0.4, -0.2) is 15.8 Å². The Morgan fingerprint density at radius 2 is 2.33 bits per heavy atom. The topological polar surface area (TPSA) is 42.9 Å². The Bertz CT molecular complexity index is 510. The first-order valence-corrected chi connectivity index (χ1v) is 5.14. The van der Waals surface area contributed by atoms with E-state index < -0.39 is 5.82 Å². The molecule has 15 heavy (non-hydrogen) atoms. The van der Waals surface area contributed by atoms with E-state index >= 15 is 0 Å². The zero-order valence-electron chi connectivity index (χ0n) is 7.90. The van der Waals surface area contributed by atoms with Crippen molar-refractivity contribution in [1.29, 1.82) is 0 Å². The molecular formula is C10H7FN2OS. The fourth-order valence-electron chi connectivity index (χ4n) is 1.09. The Hall–Kier alpha value is -1.62. The fraction of sp³-hybridized carbons (Fsp3) is 0.100. The van der Waals surface area contributed by atoms with Crippen molar-refractivity contribution in [3.05, 3.63) is 35.2 Å². The number of nitrogens with zero attached hydrogens (tertiary/aromatic N) is 2. The van der Waals surface area contributed by atoms with Crippen molar-refractivity contribution in [2.45, 2.75) is 6.92 Å². The third-order valence-corrected chi connectivity index (χ3v) is 2.67. The number of hydrogen-bond acceptors (Lipinski definition) is 4. The van der Waals surface area contributed by atoms with Crippen LogP contribution in [0.2, 0.25) is 0 Å². The second-order valence-corrected chi connectivity index (χ2v) is 3.79. The fourth-order valence-corrected chi connectivity index (χ4v) is 1.94. The molecule has 0 saturated heterocycles. The van der Waals surface area contributed by atoms with Crippen LogP contribution in [0.5, 0.6) is 0 Å². The number of aromatic nitrogens is 2. The molecule has 0 spiro atoms. The molecule has 76 valence electrons. The zero-order chi connectivity index (χ0) is 10.8. The number of rotatable bonds is 2. The van der Waals surface area contributed by atoms with Crippen molar-refractivity contribution in [3.63, 3.8) is 0 Å². The van der Waals surface area contributed by atoms with E-state index in [9.17, 15) is 9.18 Å². The van der Waals surface area contributed by atoms with Crippen molar-refractivity contribution in [2.24, 2.45) is 0 Å². The Morgan fingerprint density at radius 1 is 1.53 bits per heavy atom. The summed E-state index contributed by atoms with van der Waals surface area (Å²) in [6.45, 7) is 1.42. The van der Waals surface area contributed by atoms with E-state index in [1.807, 2.05) is 0 Å². The van der Waals surface area contributed by atoms with Crippen LogP contribution in [0.25, 0.3) is 10.7 Å². The van der Waals surface area contributed by atoms with Crippen LogP contribution in [0.15, 0.2) is 23.7 Å². The number of Topliss-reactive ketones (excluding diaryl/α,β-unsaturated/α-hetero) is 1. The molecule has 0 aromatic carbocycles. The van der Waals surface area contributed by atoms with Crippen molar-refractivity contribution >= 4 is 17.1 Å². The molecule has 0 radical (unpaired) electrons. The summed E-state index contributed by atoms with van der Waals surface area (Å²) in [6.07, 6.45) is 1.49. The van der Waals surface area contributed by atoms with Gasteiger partial charge in [0.2, 0.25) is 0 Å². The summed E-state index contributed by atoms with van der Waals surface area (Å²) >= 11 is 1.21. The number of carbonyl (C=O) groups excluding carboxylic acids is 1. The molecule has 0 amide bonds. The molecule has 2 rings (SSSR count). The lowest BCUT2D eigenvalue weighted by Crippen LogP contribution is -1.93. The van der Waals surface area contributed by atoms with Gasteiger partial charge in [-0.15, -0.1) is 11.3 Å². The predicted molar refractivity (Wildman–Crippen MR) is 55.3 cm³/mol. The van der Waals surface area contributed by atoms with Gasteiger partial charge >= 0.3 is 0 Å². The van der Waals surface area contributed by atoms with Gasteiger partial charge in [-0.05, 0) is 12.1 Å². The quantitative estimate of drug-likeness (QED) is 0.733. The molecule has 3 nitrogen and oxygen atoms in total. The molecule has 0 N–H and O–H groups in total. The first kappa shape index (κ1) is 9.92. The first-order chi connectivity index (χ1) is 7.18. The third-order valence-electron chi connectivity index (χ3n) is 1.83. The number of halogens is 1. The standard InChI is InChI=1S/C10H7FN2OS/c1-6(14)8-5-15-10(13-8)9-7(11)3-2-4-12-9/h2-5H,1H3. The third kappa shape index (κ3) is 1.92. The minimum Gasteiger partial charge on any atom is -0.293 e. The molecule has 0 aliphatic rings. The molecule has 0 unspecified atom stereocenters. The van der Waals surface area contributed by atoms with Gasteiger partial charge in [-0.25, -0.2) is 9.37 Å². The van der Waals surface area contributed by atoms with Gasteiger partial charge in [0.1, 0.15) is 16.4 Å². The van der Waals surface area contributed by atoms with Gasteiger partial charge in [0.25, 0.3) is 0 Å². The second kappa shape index (κ2) is 3.86. The van der Waals surface area contributed by atoms with Crippen molar-refractivity contribution in [3.8, 4) is 10.7 Å². The average molecular weight is 222 g/mol. The molecule has 2 aromatic rings. The summed E-state index contributed by atoms with van der Waals surface area (Å²) < 4.78 is 13.3. The van der Waals surface area contributed by atoms with E-state index in [1.54, 1.807) is 5.38 Å². The molecule has 0 saturated carbocycles. The van der Waals surface area contributed by atoms with Crippen molar-refractivity contribution in [1.82, 2.24) is 9.97 Å². The molecule has 2 heterocycles. The highest BCUT2D eigenvalue weighted by molar-refractivity contribution is 7.13. The van der Waals surface area contributed by atoms with Gasteiger partial charge < -0.3 is 0 Å². The largest absolute Gasteiger partial charge is 0.293 e. The number of thiazole rings is 1. The van der Waals surface area contributed by atoms with Crippen molar-refractivity contribution in [2.75, 3.05) is 0 Å². The monoisotopic (exact) mass is 222 g/mol. The summed E-state index contributed by atoms with van der Waals surface area (Å²) in [6, 6.07) is 2.83. The van der Waals surface area contributed by atoms with Crippen molar-refractivity contribution < 1.29 is 9.18 Å². The highest BCUT2D eigenvalue weighted by atomic mass is 32.1. The summed E-state index contributed by atoms with van der Waals surface area (Å²) in [5.74, 6) is -0.559. The van der Waals surface area contributed by atoms with E-state index in [0.29, 0.717) is 10.7 Å². The van der Waals surface area contributed by atoms with Crippen LogP contribution >= 0.6 is 11.3 Å². The summed E-state index contributed by atoms with van der Waals surface area (Å²) in [4.78, 5) is 18.9. The summed E-state index contributed by atoms with van der Waals surface area (Å²) in [5.41, 5.74) is 0.537. The Labute approximate surface area is 89.6 Å². The van der Waals surface area contributed by atoms with Gasteiger partial charge in [0.15, 0.2) is 11.6 Å². The van der Waals surface area contributed by atoms with E-state index in [-0.39, 0.29) is 11.5 Å². The number of pyridine rings is 1. The number of ketones is 1. The molecule has 0 aliphatic heterocycles. The molecule has 0 fully saturated rings. The normalized spacial score (nSPS) is 10.3. The van der Waals surface area contributed by atoms with Crippen LogP contribution in [-0.2, 0) is 0 Å². The highest BCUT2D eigenvalue weighted by Gasteiger charge is 2.12. The van der Waals surface area contributed by atoms with Gasteiger partial charge in [0, 0.05) is 18.5 Å². The van der Waals surface area contributed by atoms with Crippen LogP contribution in [0.4, 0.5) is 4.39 Å². The van der Waals surface area contributed by atoms with Crippen LogP contribution in [0.3, 0.4) is 0 Å². The van der Waals surface area contributed by atoms with Gasteiger partial charge in [-0.3, -0.25) is 9.78 Å². The lowest BCUT2D eigenvalue weighted by Gasteiger charge is -1.95. The SMILES string of the molecule is CC(=O)c1csc(-c2ncccc2F)n1. The maximum Gasteiger partial charge on any atom is 0.178 e. The molecule has 0 bridgehead atoms. The maximum absolute atomic E-state index is 13.3. The van der Waals surface area contributed by atoms with E-state index in [4.69, 9.17) is 0 Å². The molecule has 5 heteroatoms. The van der Waals surface area contributed by atoms with Gasteiger partial charge in [-0.1, -0.05) is 0 Å². The van der Waals surface area contributed by atoms with Crippen LogP contribution < -0.4 is 0 Å². The van der Waals surface area contributed by atoms with E-state index in [2.05, 4.69) is 9.97 Å². The summed E-state index contributed by atoms with van der Waals surface area (Å²) in [5, 5.41) is 2.03. The first-order valence-electron chi connectivity index (χ1n) is 4.26. The van der Waals surface area contributed by atoms with Crippen LogP contribution in [0, 0.1) is 5.82 Å². The molecule has 0 atom stereocenters. The van der Waals surface area contributed by atoms with Crippen LogP contribution in [0.1, 0.15) is 17.4 Å². The molecule has 0 aliphatic carbocycles. The Morgan fingerprint density at radius 3 is 2.93 bits per heavy atom. The molecular weight excluding hydrogens is 215 g/mol. The summed E-state index contributed by atoms with van der Waals surface area (Å²) in [7, 11) is 0. The minimum absolute atomic E-state index is 0.131. The second-order valence-electron chi connectivity index (χ2n) is 2.93. The average Bonchev–Trinajstić information content (AvgIpc) is 2.67. The zero-order valence-corrected chi connectivity index (χ0v) is 8.71. The Balaban J connectivity index is 2.46. The minimum atomic E-state index is -0.429. The maximum atomic E-state index is 13.3. The Kier molecular flexibility index (Phi) is 2.55. The lowest BCUT2D eigenvalue weighted by atomic mass is 10.3. The van der Waals surface area contributed by atoms with Gasteiger partial charge in [-0.2, -0.15) is 0 Å². The van der Waals surface area contributed by atoms with E-state index in [0.717, 1.165) is 0 Å². The number of carbonyl (C=O) groups is 1. The van der Waals surface area contributed by atoms with Gasteiger partial charge in [0.05, 0.1) is 0 Å². The smallest absolute Gasteiger partial charge is 0.178 e. The lowest BCUT2D eigenvalue weighted by molar-refractivity contribution is 0.101. The van der Waals surface area contributed by atoms with E-state index in [1.165, 1.54) is 36.6 Å². The number of hydrogen-bond donors (Lipinski definition) is 0. The molecule has 2 aromatic heterocycles. The highest BCUT2D eigenvalue weighted by Crippen LogP contribution is 2.23.